The van der Waals surface area contributed by atoms with Crippen LogP contribution < -0.4 is 16.0 Å². The second-order valence-corrected chi connectivity index (χ2v) is 10.0. The van der Waals surface area contributed by atoms with Crippen molar-refractivity contribution < 1.29 is 28.7 Å². The van der Waals surface area contributed by atoms with Gasteiger partial charge in [0.2, 0.25) is 5.91 Å². The maximum atomic E-state index is 12.8. The molecule has 4 aromatic carbocycles. The summed E-state index contributed by atoms with van der Waals surface area (Å²) in [6.45, 7) is 0.281. The maximum Gasteiger partial charge on any atom is 0.413 e. The van der Waals surface area contributed by atoms with Crippen molar-refractivity contribution in [1.82, 2.24) is 16.0 Å². The topological polar surface area (TPSA) is 147 Å². The van der Waals surface area contributed by atoms with Crippen molar-refractivity contribution in [2.75, 3.05) is 6.54 Å². The van der Waals surface area contributed by atoms with Crippen molar-refractivity contribution >= 4 is 29.7 Å². The minimum absolute atomic E-state index is 0.00806. The van der Waals surface area contributed by atoms with Crippen LogP contribution in [0.3, 0.4) is 0 Å². The number of rotatable bonds is 13. The van der Waals surface area contributed by atoms with Gasteiger partial charge in [-0.15, -0.1) is 0 Å². The van der Waals surface area contributed by atoms with Crippen LogP contribution in [0.2, 0.25) is 0 Å². The lowest BCUT2D eigenvalue weighted by Crippen LogP contribution is -2.34. The largest absolute Gasteiger partial charge is 0.461 e. The van der Waals surface area contributed by atoms with E-state index in [9.17, 15) is 19.2 Å². The molecule has 0 bridgehead atoms. The summed E-state index contributed by atoms with van der Waals surface area (Å²) in [6, 6.07) is 33.1. The minimum Gasteiger partial charge on any atom is -0.461 e. The number of amides is 3. The van der Waals surface area contributed by atoms with Crippen LogP contribution in [0.4, 0.5) is 4.79 Å². The van der Waals surface area contributed by atoms with Crippen molar-refractivity contribution in [1.29, 1.82) is 5.41 Å². The van der Waals surface area contributed by atoms with Crippen LogP contribution >= 0.6 is 0 Å². The van der Waals surface area contributed by atoms with E-state index in [-0.39, 0.29) is 44.3 Å². The normalized spacial score (nSPS) is 11.0. The van der Waals surface area contributed by atoms with E-state index >= 15 is 0 Å². The number of amidine groups is 1. The molecule has 0 saturated carbocycles. The van der Waals surface area contributed by atoms with Crippen molar-refractivity contribution in [2.45, 2.75) is 32.1 Å². The molecule has 0 unspecified atom stereocenters. The zero-order valence-electron chi connectivity index (χ0n) is 24.5. The highest BCUT2D eigenvalue weighted by molar-refractivity contribution is 6.05. The molecule has 230 valence electrons. The standard InChI is InChI=1S/C35H34N4O6/c36-33(39-35(43)45-24-26-12-6-2-7-13-26)28-16-18-29(19-17-28)34(42)37-21-20-31(40)38-30(27-14-8-3-9-15-27)22-32(41)44-23-25-10-4-1-5-11-25/h1-19,30H,20-24H2,(H,37,42)(H,38,40)(H2,36,39,43)/t30-/m0/s1. The molecule has 4 aromatic rings. The number of benzene rings is 4. The third-order valence-electron chi connectivity index (χ3n) is 6.66. The van der Waals surface area contributed by atoms with Crippen LogP contribution in [0.5, 0.6) is 0 Å². The van der Waals surface area contributed by atoms with Gasteiger partial charge in [-0.2, -0.15) is 0 Å². The van der Waals surface area contributed by atoms with Gasteiger partial charge in [0.1, 0.15) is 19.0 Å². The Bertz CT molecular complexity index is 1580. The first kappa shape index (κ1) is 32.2. The van der Waals surface area contributed by atoms with E-state index in [0.29, 0.717) is 11.1 Å². The molecule has 0 saturated heterocycles. The van der Waals surface area contributed by atoms with Gasteiger partial charge in [-0.25, -0.2) is 4.79 Å². The summed E-state index contributed by atoms with van der Waals surface area (Å²) in [5, 5.41) is 16.1. The van der Waals surface area contributed by atoms with Crippen molar-refractivity contribution in [3.05, 3.63) is 143 Å². The van der Waals surface area contributed by atoms with Crippen molar-refractivity contribution in [2.24, 2.45) is 0 Å². The summed E-state index contributed by atoms with van der Waals surface area (Å²) in [5.41, 5.74) is 3.16. The lowest BCUT2D eigenvalue weighted by molar-refractivity contribution is -0.145. The molecule has 3 amide bonds. The Morgan fingerprint density at radius 2 is 1.20 bits per heavy atom. The summed E-state index contributed by atoms with van der Waals surface area (Å²) in [5.74, 6) is -1.36. The number of hydrogen-bond donors (Lipinski definition) is 4. The summed E-state index contributed by atoms with van der Waals surface area (Å²) in [6.07, 6.45) is -0.815. The fraction of sp³-hybridized carbons (Fsp3) is 0.171. The van der Waals surface area contributed by atoms with Gasteiger partial charge in [-0.1, -0.05) is 103 Å². The number of hydrogen-bond acceptors (Lipinski definition) is 7. The first-order valence-electron chi connectivity index (χ1n) is 14.4. The Labute approximate surface area is 261 Å². The molecular formula is C35H34N4O6. The average molecular weight is 607 g/mol. The molecule has 0 radical (unpaired) electrons. The fourth-order valence-electron chi connectivity index (χ4n) is 4.28. The third-order valence-corrected chi connectivity index (χ3v) is 6.66. The predicted octanol–water partition coefficient (Wildman–Crippen LogP) is 5.05. The molecule has 1 atom stereocenters. The number of alkyl carbamates (subject to hydrolysis) is 1. The van der Waals surface area contributed by atoms with Crippen molar-refractivity contribution in [3.8, 4) is 0 Å². The van der Waals surface area contributed by atoms with Crippen molar-refractivity contribution in [3.63, 3.8) is 0 Å². The van der Waals surface area contributed by atoms with E-state index in [1.165, 1.54) is 24.3 Å². The molecule has 0 aliphatic heterocycles. The predicted molar refractivity (Wildman–Crippen MR) is 168 cm³/mol. The number of carbonyl (C=O) groups is 4. The van der Waals surface area contributed by atoms with Crippen LogP contribution in [0.25, 0.3) is 0 Å². The van der Waals surface area contributed by atoms with Gasteiger partial charge in [0.25, 0.3) is 5.91 Å². The third kappa shape index (κ3) is 10.8. The molecule has 45 heavy (non-hydrogen) atoms. The summed E-state index contributed by atoms with van der Waals surface area (Å²) < 4.78 is 10.5. The van der Waals surface area contributed by atoms with Gasteiger partial charge >= 0.3 is 12.1 Å². The van der Waals surface area contributed by atoms with Gasteiger partial charge in [-0.3, -0.25) is 25.1 Å². The maximum absolute atomic E-state index is 12.8. The molecule has 0 spiro atoms. The van der Waals surface area contributed by atoms with Crippen LogP contribution in [0, 0.1) is 5.41 Å². The Morgan fingerprint density at radius 1 is 0.667 bits per heavy atom. The quantitative estimate of drug-likeness (QED) is 0.0952. The van der Waals surface area contributed by atoms with Crippen LogP contribution in [-0.2, 0) is 32.3 Å². The highest BCUT2D eigenvalue weighted by atomic mass is 16.5. The first-order valence-corrected chi connectivity index (χ1v) is 14.4. The summed E-state index contributed by atoms with van der Waals surface area (Å²) >= 11 is 0. The highest BCUT2D eigenvalue weighted by Crippen LogP contribution is 2.18. The average Bonchev–Trinajstić information content (AvgIpc) is 3.07. The van der Waals surface area contributed by atoms with E-state index in [2.05, 4.69) is 16.0 Å². The lowest BCUT2D eigenvalue weighted by Gasteiger charge is -2.19. The number of carbonyl (C=O) groups excluding carboxylic acids is 4. The van der Waals surface area contributed by atoms with Gasteiger partial charge in [0.15, 0.2) is 0 Å². The van der Waals surface area contributed by atoms with Crippen LogP contribution in [0.15, 0.2) is 115 Å². The van der Waals surface area contributed by atoms with Crippen LogP contribution in [0.1, 0.15) is 51.5 Å². The zero-order valence-corrected chi connectivity index (χ0v) is 24.5. The second kappa shape index (κ2) is 16.8. The minimum atomic E-state index is -0.762. The van der Waals surface area contributed by atoms with Gasteiger partial charge < -0.3 is 20.1 Å². The number of ether oxygens (including phenoxy) is 2. The molecule has 0 aliphatic rings. The zero-order chi connectivity index (χ0) is 31.9. The fourth-order valence-corrected chi connectivity index (χ4v) is 4.28. The SMILES string of the molecule is N=C(NC(=O)OCc1ccccc1)c1ccc(C(=O)NCCC(=O)N[C@@H](CC(=O)OCc2ccccc2)c2ccccc2)cc1. The highest BCUT2D eigenvalue weighted by Gasteiger charge is 2.20. The molecule has 4 rings (SSSR count). The van der Waals surface area contributed by atoms with Gasteiger partial charge in [0.05, 0.1) is 12.5 Å². The number of nitrogens with one attached hydrogen (secondary N) is 4. The van der Waals surface area contributed by atoms with E-state index in [4.69, 9.17) is 14.9 Å². The molecule has 0 aromatic heterocycles. The Balaban J connectivity index is 1.21. The molecule has 0 aliphatic carbocycles. The van der Waals surface area contributed by atoms with Gasteiger partial charge in [0, 0.05) is 24.1 Å². The van der Waals surface area contributed by atoms with E-state index in [1.54, 1.807) is 0 Å². The smallest absolute Gasteiger partial charge is 0.413 e. The molecule has 0 fully saturated rings. The first-order chi connectivity index (χ1) is 21.9. The second-order valence-electron chi connectivity index (χ2n) is 10.0. The summed E-state index contributed by atoms with van der Waals surface area (Å²) in [4.78, 5) is 50.0. The molecule has 10 heteroatoms. The molecule has 10 nitrogen and oxygen atoms in total. The van der Waals surface area contributed by atoms with Crippen LogP contribution in [-0.4, -0.2) is 36.3 Å². The molecule has 4 N–H and O–H groups in total. The monoisotopic (exact) mass is 606 g/mol. The Morgan fingerprint density at radius 3 is 1.80 bits per heavy atom. The van der Waals surface area contributed by atoms with E-state index in [1.807, 2.05) is 91.0 Å². The number of esters is 1. The Hall–Kier alpha value is -5.77. The van der Waals surface area contributed by atoms with E-state index < -0.39 is 24.0 Å². The summed E-state index contributed by atoms with van der Waals surface area (Å²) in [7, 11) is 0. The van der Waals surface area contributed by atoms with Gasteiger partial charge in [-0.05, 0) is 28.8 Å². The Kier molecular flexibility index (Phi) is 12.0. The molecule has 0 heterocycles. The lowest BCUT2D eigenvalue weighted by atomic mass is 10.0. The van der Waals surface area contributed by atoms with E-state index in [0.717, 1.165) is 16.7 Å². The molecular weight excluding hydrogens is 572 g/mol.